The van der Waals surface area contributed by atoms with Gasteiger partial charge in [-0.15, -0.1) is 0 Å². The molecule has 112 valence electrons. The highest BCUT2D eigenvalue weighted by atomic mass is 79.9. The molecule has 0 amide bonds. The van der Waals surface area contributed by atoms with Crippen molar-refractivity contribution in [3.8, 4) is 11.6 Å². The summed E-state index contributed by atoms with van der Waals surface area (Å²) in [6.45, 7) is 8.16. The molecule has 21 heavy (non-hydrogen) atoms. The van der Waals surface area contributed by atoms with E-state index in [0.717, 1.165) is 29.0 Å². The highest BCUT2D eigenvalue weighted by Crippen LogP contribution is 2.25. The fourth-order valence-corrected chi connectivity index (χ4v) is 2.19. The molecule has 0 saturated heterocycles. The molecule has 0 spiro atoms. The number of ether oxygens (including phenoxy) is 1. The first-order valence-corrected chi connectivity index (χ1v) is 8.02. The summed E-state index contributed by atoms with van der Waals surface area (Å²) >= 11 is 3.42. The fraction of sp³-hybridized carbons (Fsp3) is 0.353. The lowest BCUT2D eigenvalue weighted by atomic mass is 10.1. The first-order chi connectivity index (χ1) is 10.1. The second kappa shape index (κ2) is 7.57. The normalized spacial score (nSPS) is 10.9. The van der Waals surface area contributed by atoms with E-state index in [2.05, 4.69) is 53.1 Å². The zero-order valence-corrected chi connectivity index (χ0v) is 14.3. The van der Waals surface area contributed by atoms with Crippen LogP contribution in [0.25, 0.3) is 0 Å². The van der Waals surface area contributed by atoms with Crippen molar-refractivity contribution in [3.63, 3.8) is 0 Å². The SMILES string of the molecule is CCNCc1cc(Oc2ccc(Br)cc2)nc(C(C)C)c1. The van der Waals surface area contributed by atoms with Gasteiger partial charge in [-0.05, 0) is 48.4 Å². The third-order valence-corrected chi connectivity index (χ3v) is 3.62. The predicted octanol–water partition coefficient (Wildman–Crippen LogP) is 4.87. The molecular weight excluding hydrogens is 328 g/mol. The van der Waals surface area contributed by atoms with Crippen LogP contribution < -0.4 is 10.1 Å². The largest absolute Gasteiger partial charge is 0.439 e. The van der Waals surface area contributed by atoms with Crippen LogP contribution in [0.4, 0.5) is 0 Å². The molecule has 0 unspecified atom stereocenters. The van der Waals surface area contributed by atoms with Crippen molar-refractivity contribution < 1.29 is 4.74 Å². The van der Waals surface area contributed by atoms with E-state index in [0.29, 0.717) is 11.8 Å². The summed E-state index contributed by atoms with van der Waals surface area (Å²) in [5, 5.41) is 3.34. The molecule has 3 nitrogen and oxygen atoms in total. The average molecular weight is 349 g/mol. The van der Waals surface area contributed by atoms with Gasteiger partial charge in [-0.25, -0.2) is 4.98 Å². The Hall–Kier alpha value is -1.39. The van der Waals surface area contributed by atoms with Crippen LogP contribution in [-0.4, -0.2) is 11.5 Å². The van der Waals surface area contributed by atoms with Crippen molar-refractivity contribution in [1.29, 1.82) is 0 Å². The molecule has 1 N–H and O–H groups in total. The molecule has 2 aromatic rings. The van der Waals surface area contributed by atoms with Crippen LogP contribution in [-0.2, 0) is 6.54 Å². The smallest absolute Gasteiger partial charge is 0.219 e. The van der Waals surface area contributed by atoms with Gasteiger partial charge < -0.3 is 10.1 Å². The van der Waals surface area contributed by atoms with E-state index >= 15 is 0 Å². The maximum Gasteiger partial charge on any atom is 0.219 e. The number of halogens is 1. The van der Waals surface area contributed by atoms with E-state index in [4.69, 9.17) is 4.74 Å². The summed E-state index contributed by atoms with van der Waals surface area (Å²) in [4.78, 5) is 4.60. The molecule has 0 aliphatic carbocycles. The third-order valence-electron chi connectivity index (χ3n) is 3.09. The molecule has 1 heterocycles. The molecule has 0 fully saturated rings. The van der Waals surface area contributed by atoms with Crippen molar-refractivity contribution in [2.45, 2.75) is 33.2 Å². The van der Waals surface area contributed by atoms with E-state index in [1.165, 1.54) is 5.56 Å². The monoisotopic (exact) mass is 348 g/mol. The predicted molar refractivity (Wildman–Crippen MR) is 89.9 cm³/mol. The van der Waals surface area contributed by atoms with Gasteiger partial charge in [0, 0.05) is 22.8 Å². The van der Waals surface area contributed by atoms with E-state index < -0.39 is 0 Å². The topological polar surface area (TPSA) is 34.1 Å². The number of pyridine rings is 1. The molecule has 0 radical (unpaired) electrons. The van der Waals surface area contributed by atoms with Crippen LogP contribution in [0.3, 0.4) is 0 Å². The minimum atomic E-state index is 0.374. The zero-order valence-electron chi connectivity index (χ0n) is 12.7. The first-order valence-electron chi connectivity index (χ1n) is 7.23. The lowest BCUT2D eigenvalue weighted by Gasteiger charge is -2.12. The van der Waals surface area contributed by atoms with E-state index in [1.807, 2.05) is 30.3 Å². The van der Waals surface area contributed by atoms with E-state index in [-0.39, 0.29) is 0 Å². The summed E-state index contributed by atoms with van der Waals surface area (Å²) in [7, 11) is 0. The fourth-order valence-electron chi connectivity index (χ4n) is 1.92. The number of nitrogens with one attached hydrogen (secondary N) is 1. The van der Waals surface area contributed by atoms with Crippen LogP contribution in [0.15, 0.2) is 40.9 Å². The molecule has 0 aliphatic heterocycles. The summed E-state index contributed by atoms with van der Waals surface area (Å²) in [5.74, 6) is 1.82. The van der Waals surface area contributed by atoms with Crippen molar-refractivity contribution >= 4 is 15.9 Å². The van der Waals surface area contributed by atoms with E-state index in [9.17, 15) is 0 Å². The zero-order chi connectivity index (χ0) is 15.2. The Morgan fingerprint density at radius 2 is 1.90 bits per heavy atom. The van der Waals surface area contributed by atoms with E-state index in [1.54, 1.807) is 0 Å². The lowest BCUT2D eigenvalue weighted by Crippen LogP contribution is -2.12. The molecule has 1 aromatic heterocycles. The van der Waals surface area contributed by atoms with Crippen molar-refractivity contribution in [3.05, 3.63) is 52.1 Å². The minimum Gasteiger partial charge on any atom is -0.439 e. The maximum absolute atomic E-state index is 5.89. The van der Waals surface area contributed by atoms with Crippen LogP contribution in [0.1, 0.15) is 37.9 Å². The summed E-state index contributed by atoms with van der Waals surface area (Å²) in [5.41, 5.74) is 2.25. The maximum atomic E-state index is 5.89. The second-order valence-electron chi connectivity index (χ2n) is 5.23. The Kier molecular flexibility index (Phi) is 5.76. The van der Waals surface area contributed by atoms with Crippen molar-refractivity contribution in [2.75, 3.05) is 6.54 Å². The van der Waals surface area contributed by atoms with Crippen molar-refractivity contribution in [1.82, 2.24) is 10.3 Å². The number of hydrogen-bond acceptors (Lipinski definition) is 3. The molecule has 0 bridgehead atoms. The van der Waals surface area contributed by atoms with Gasteiger partial charge in [-0.3, -0.25) is 0 Å². The second-order valence-corrected chi connectivity index (χ2v) is 6.15. The Morgan fingerprint density at radius 3 is 2.52 bits per heavy atom. The minimum absolute atomic E-state index is 0.374. The van der Waals surface area contributed by atoms with Crippen LogP contribution in [0.2, 0.25) is 0 Å². The number of rotatable bonds is 6. The van der Waals surface area contributed by atoms with Gasteiger partial charge in [0.15, 0.2) is 0 Å². The molecule has 0 atom stereocenters. The number of hydrogen-bond donors (Lipinski definition) is 1. The standard InChI is InChI=1S/C17H21BrN2O/c1-4-19-11-13-9-16(12(2)3)20-17(10-13)21-15-7-5-14(18)6-8-15/h5-10,12,19H,4,11H2,1-3H3. The van der Waals surface area contributed by atoms with Gasteiger partial charge in [0.05, 0.1) is 0 Å². The number of benzene rings is 1. The summed E-state index contributed by atoms with van der Waals surface area (Å²) in [6.07, 6.45) is 0. The molecule has 1 aromatic carbocycles. The molecule has 0 saturated carbocycles. The molecular formula is C17H21BrN2O. The summed E-state index contributed by atoms with van der Waals surface area (Å²) < 4.78 is 6.92. The van der Waals surface area contributed by atoms with Crippen LogP contribution >= 0.6 is 15.9 Å². The molecule has 4 heteroatoms. The van der Waals surface area contributed by atoms with Gasteiger partial charge in [0.1, 0.15) is 5.75 Å². The van der Waals surface area contributed by atoms with Crippen molar-refractivity contribution in [2.24, 2.45) is 0 Å². The van der Waals surface area contributed by atoms with Gasteiger partial charge in [0.2, 0.25) is 5.88 Å². The lowest BCUT2D eigenvalue weighted by molar-refractivity contribution is 0.458. The number of aromatic nitrogens is 1. The van der Waals surface area contributed by atoms with Gasteiger partial charge >= 0.3 is 0 Å². The molecule has 0 aliphatic rings. The number of nitrogens with zero attached hydrogens (tertiary/aromatic N) is 1. The Balaban J connectivity index is 2.24. The Morgan fingerprint density at radius 1 is 1.19 bits per heavy atom. The Bertz CT molecular complexity index is 582. The summed E-state index contributed by atoms with van der Waals surface area (Å²) in [6, 6.07) is 11.9. The highest BCUT2D eigenvalue weighted by molar-refractivity contribution is 9.10. The average Bonchev–Trinajstić information content (AvgIpc) is 2.47. The first kappa shape index (κ1) is 16.0. The van der Waals surface area contributed by atoms with Crippen LogP contribution in [0.5, 0.6) is 11.6 Å². The van der Waals surface area contributed by atoms with Gasteiger partial charge in [-0.1, -0.05) is 36.7 Å². The third kappa shape index (κ3) is 4.83. The quantitative estimate of drug-likeness (QED) is 0.808. The highest BCUT2D eigenvalue weighted by Gasteiger charge is 2.08. The van der Waals surface area contributed by atoms with Gasteiger partial charge in [-0.2, -0.15) is 0 Å². The van der Waals surface area contributed by atoms with Crippen LogP contribution in [0, 0.1) is 0 Å². The van der Waals surface area contributed by atoms with Gasteiger partial charge in [0.25, 0.3) is 0 Å². The Labute approximate surface area is 134 Å². The molecule has 2 rings (SSSR count).